The Hall–Kier alpha value is -1.97. The molecule has 2 rings (SSSR count). The van der Waals surface area contributed by atoms with Gasteiger partial charge in [-0.15, -0.1) is 0 Å². The third kappa shape index (κ3) is 3.42. The first-order valence-electron chi connectivity index (χ1n) is 7.87. The van der Waals surface area contributed by atoms with Gasteiger partial charge in [0.05, 0.1) is 6.61 Å². The average Bonchev–Trinajstić information content (AvgIpc) is 2.57. The fourth-order valence-electron chi connectivity index (χ4n) is 2.80. The Morgan fingerprint density at radius 2 is 2.08 bits per heavy atom. The Labute approximate surface area is 138 Å². The molecule has 0 bridgehead atoms. The molecular formula is C15H22N2O7. The summed E-state index contributed by atoms with van der Waals surface area (Å²) in [6.45, 7) is 2.85. The van der Waals surface area contributed by atoms with Crippen molar-refractivity contribution in [1.82, 2.24) is 9.55 Å². The summed E-state index contributed by atoms with van der Waals surface area (Å²) in [5.74, 6) is -2.19. The minimum Gasteiger partial charge on any atom is -0.501 e. The third-order valence-electron chi connectivity index (χ3n) is 4.05. The second-order valence-corrected chi connectivity index (χ2v) is 5.52. The van der Waals surface area contributed by atoms with Gasteiger partial charge in [0.2, 0.25) is 5.75 Å². The van der Waals surface area contributed by atoms with E-state index in [0.29, 0.717) is 32.5 Å². The Morgan fingerprint density at radius 1 is 1.42 bits per heavy atom. The topological polar surface area (TPSA) is 131 Å². The number of rotatable bonds is 7. The maximum atomic E-state index is 12.3. The minimum absolute atomic E-state index is 0.0451. The van der Waals surface area contributed by atoms with E-state index in [-0.39, 0.29) is 25.6 Å². The summed E-state index contributed by atoms with van der Waals surface area (Å²) in [4.78, 5) is 27.7. The molecule has 0 amide bonds. The van der Waals surface area contributed by atoms with Crippen molar-refractivity contribution in [2.45, 2.75) is 38.3 Å². The first-order valence-corrected chi connectivity index (χ1v) is 7.87. The van der Waals surface area contributed by atoms with Crippen molar-refractivity contribution in [2.75, 3.05) is 26.4 Å². The molecule has 0 spiro atoms. The van der Waals surface area contributed by atoms with Crippen LogP contribution < -0.4 is 5.56 Å². The normalized spacial score (nSPS) is 16.9. The van der Waals surface area contributed by atoms with E-state index >= 15 is 0 Å². The number of carbonyl (C=O) groups is 1. The van der Waals surface area contributed by atoms with E-state index in [1.54, 1.807) is 6.92 Å². The van der Waals surface area contributed by atoms with Crippen molar-refractivity contribution in [2.24, 2.45) is 0 Å². The van der Waals surface area contributed by atoms with Crippen molar-refractivity contribution in [3.05, 3.63) is 21.9 Å². The number of aromatic nitrogens is 2. The first-order chi connectivity index (χ1) is 11.5. The zero-order valence-electron chi connectivity index (χ0n) is 13.5. The third-order valence-corrected chi connectivity index (χ3v) is 4.05. The molecule has 9 heteroatoms. The Balaban J connectivity index is 2.59. The van der Waals surface area contributed by atoms with Crippen molar-refractivity contribution in [1.29, 1.82) is 0 Å². The number of hydrogen-bond acceptors (Lipinski definition) is 7. The Bertz CT molecular complexity index is 650. The van der Waals surface area contributed by atoms with E-state index in [2.05, 4.69) is 4.98 Å². The first kappa shape index (κ1) is 18.4. The molecule has 1 aliphatic rings. The Kier molecular flexibility index (Phi) is 5.92. The lowest BCUT2D eigenvalue weighted by Crippen LogP contribution is -2.43. The smallest absolute Gasteiger partial charge is 0.358 e. The van der Waals surface area contributed by atoms with Gasteiger partial charge in [-0.3, -0.25) is 9.36 Å². The molecule has 9 nitrogen and oxygen atoms in total. The number of carboxylic acids is 1. The standard InChI is InChI=1S/C15H22N2O7/c1-2-17-12(20)11(19)10(13(21)22)16-14(17)15(24-7-3-6-18)4-8-23-9-5-15/h18-19H,2-9H2,1H3,(H,21,22). The molecule has 0 radical (unpaired) electrons. The predicted octanol–water partition coefficient (Wildman–Crippen LogP) is 0.0717. The van der Waals surface area contributed by atoms with Crippen molar-refractivity contribution in [3.8, 4) is 5.75 Å². The number of aromatic carboxylic acids is 1. The zero-order valence-corrected chi connectivity index (χ0v) is 13.5. The SMILES string of the molecule is CCn1c(C2(OCCCO)CCOCC2)nc(C(=O)O)c(O)c1=O. The second-order valence-electron chi connectivity index (χ2n) is 5.52. The fraction of sp³-hybridized carbons (Fsp3) is 0.667. The molecule has 0 aromatic carbocycles. The molecule has 2 heterocycles. The molecule has 3 N–H and O–H groups in total. The molecule has 1 fully saturated rings. The Morgan fingerprint density at radius 3 is 2.62 bits per heavy atom. The molecule has 1 aromatic rings. The van der Waals surface area contributed by atoms with Crippen molar-refractivity contribution >= 4 is 5.97 Å². The average molecular weight is 342 g/mol. The molecule has 1 saturated heterocycles. The molecule has 24 heavy (non-hydrogen) atoms. The van der Waals surface area contributed by atoms with E-state index in [0.717, 1.165) is 0 Å². The van der Waals surface area contributed by atoms with Gasteiger partial charge in [-0.2, -0.15) is 0 Å². The summed E-state index contributed by atoms with van der Waals surface area (Å²) in [6, 6.07) is 0. The highest BCUT2D eigenvalue weighted by Gasteiger charge is 2.41. The molecule has 0 saturated carbocycles. The fourth-order valence-corrected chi connectivity index (χ4v) is 2.80. The highest BCUT2D eigenvalue weighted by atomic mass is 16.5. The van der Waals surface area contributed by atoms with E-state index in [1.165, 1.54) is 4.57 Å². The summed E-state index contributed by atoms with van der Waals surface area (Å²) < 4.78 is 12.5. The molecule has 1 aliphatic heterocycles. The second kappa shape index (κ2) is 7.73. The van der Waals surface area contributed by atoms with Gasteiger partial charge in [-0.1, -0.05) is 0 Å². The lowest BCUT2D eigenvalue weighted by Gasteiger charge is -2.37. The molecule has 134 valence electrons. The van der Waals surface area contributed by atoms with Crippen molar-refractivity contribution in [3.63, 3.8) is 0 Å². The number of aromatic hydroxyl groups is 1. The monoisotopic (exact) mass is 342 g/mol. The van der Waals surface area contributed by atoms with Crippen LogP contribution in [0.25, 0.3) is 0 Å². The van der Waals surface area contributed by atoms with E-state index < -0.39 is 28.6 Å². The van der Waals surface area contributed by atoms with Crippen LogP contribution in [0.15, 0.2) is 4.79 Å². The van der Waals surface area contributed by atoms with Crippen LogP contribution in [0.2, 0.25) is 0 Å². The van der Waals surface area contributed by atoms with Crippen LogP contribution in [-0.4, -0.2) is 57.3 Å². The highest BCUT2D eigenvalue weighted by Crippen LogP contribution is 2.35. The number of aliphatic hydroxyl groups excluding tert-OH is 1. The highest BCUT2D eigenvalue weighted by molar-refractivity contribution is 5.88. The van der Waals surface area contributed by atoms with Crippen LogP contribution in [-0.2, 0) is 21.6 Å². The van der Waals surface area contributed by atoms with Crippen LogP contribution in [0.5, 0.6) is 5.75 Å². The maximum Gasteiger partial charge on any atom is 0.358 e. The summed E-state index contributed by atoms with van der Waals surface area (Å²) in [5.41, 5.74) is -2.48. The largest absolute Gasteiger partial charge is 0.501 e. The van der Waals surface area contributed by atoms with Gasteiger partial charge in [0.1, 0.15) is 11.4 Å². The molecule has 1 aromatic heterocycles. The minimum atomic E-state index is -1.48. The molecular weight excluding hydrogens is 320 g/mol. The van der Waals surface area contributed by atoms with Gasteiger partial charge < -0.3 is 24.8 Å². The van der Waals surface area contributed by atoms with Gasteiger partial charge in [-0.25, -0.2) is 9.78 Å². The molecule has 0 unspecified atom stereocenters. The number of nitrogens with zero attached hydrogens (tertiary/aromatic N) is 2. The lowest BCUT2D eigenvalue weighted by atomic mass is 9.92. The van der Waals surface area contributed by atoms with Gasteiger partial charge in [0.15, 0.2) is 5.69 Å². The zero-order chi connectivity index (χ0) is 17.7. The number of ether oxygens (including phenoxy) is 2. The summed E-state index contributed by atoms with van der Waals surface area (Å²) in [5, 5.41) is 28.0. The van der Waals surface area contributed by atoms with Crippen LogP contribution in [0.1, 0.15) is 42.5 Å². The van der Waals surface area contributed by atoms with E-state index in [9.17, 15) is 19.8 Å². The molecule has 0 atom stereocenters. The van der Waals surface area contributed by atoms with Gasteiger partial charge in [0.25, 0.3) is 5.56 Å². The van der Waals surface area contributed by atoms with Crippen LogP contribution in [0.4, 0.5) is 0 Å². The van der Waals surface area contributed by atoms with Gasteiger partial charge in [0, 0.05) is 39.2 Å². The summed E-state index contributed by atoms with van der Waals surface area (Å²) in [6.07, 6.45) is 1.20. The lowest BCUT2D eigenvalue weighted by molar-refractivity contribution is -0.125. The quantitative estimate of drug-likeness (QED) is 0.593. The van der Waals surface area contributed by atoms with Gasteiger partial charge in [-0.05, 0) is 13.3 Å². The summed E-state index contributed by atoms with van der Waals surface area (Å²) >= 11 is 0. The maximum absolute atomic E-state index is 12.3. The predicted molar refractivity (Wildman–Crippen MR) is 82.2 cm³/mol. The summed E-state index contributed by atoms with van der Waals surface area (Å²) in [7, 11) is 0. The van der Waals surface area contributed by atoms with Gasteiger partial charge >= 0.3 is 5.97 Å². The number of carboxylic acid groups (broad SMARTS) is 1. The number of aliphatic hydroxyl groups is 1. The van der Waals surface area contributed by atoms with Crippen LogP contribution in [0, 0.1) is 0 Å². The van der Waals surface area contributed by atoms with E-state index in [1.807, 2.05) is 0 Å². The van der Waals surface area contributed by atoms with Crippen molar-refractivity contribution < 1.29 is 29.6 Å². The van der Waals surface area contributed by atoms with Crippen LogP contribution in [0.3, 0.4) is 0 Å². The van der Waals surface area contributed by atoms with E-state index in [4.69, 9.17) is 14.6 Å². The molecule has 0 aliphatic carbocycles. The van der Waals surface area contributed by atoms with Crippen LogP contribution >= 0.6 is 0 Å². The number of hydrogen-bond donors (Lipinski definition) is 3.